The minimum atomic E-state index is 0.253. The van der Waals surface area contributed by atoms with Gasteiger partial charge in [0.05, 0.1) is 0 Å². The van der Waals surface area contributed by atoms with Crippen LogP contribution in [0.4, 0.5) is 5.95 Å². The van der Waals surface area contributed by atoms with Crippen LogP contribution in [0.3, 0.4) is 0 Å². The molecule has 0 radical (unpaired) electrons. The zero-order valence-electron chi connectivity index (χ0n) is 6.07. The fraction of sp³-hybridized carbons (Fsp3) is 0.600. The second kappa shape index (κ2) is 2.17. The van der Waals surface area contributed by atoms with Gasteiger partial charge in [-0.1, -0.05) is 13.8 Å². The van der Waals surface area contributed by atoms with Crippen LogP contribution in [-0.4, -0.2) is 14.9 Å². The second-order valence-electron chi connectivity index (χ2n) is 2.43. The molecule has 0 spiro atoms. The zero-order valence-corrected chi connectivity index (χ0v) is 6.07. The van der Waals surface area contributed by atoms with Crippen LogP contribution >= 0.6 is 0 Å². The van der Waals surface area contributed by atoms with Crippen LogP contribution in [0.5, 0.6) is 0 Å². The standard InChI is InChI=1S/C5H11N5/c1-3(2)4-8-5(6)10(7)9-4/h3H,7H2,1-2H3,(H2,6,8,9). The van der Waals surface area contributed by atoms with Crippen LogP contribution in [0, 0.1) is 0 Å². The van der Waals surface area contributed by atoms with Gasteiger partial charge in [0, 0.05) is 5.92 Å². The maximum atomic E-state index is 5.34. The Labute approximate surface area is 59.0 Å². The highest BCUT2D eigenvalue weighted by Crippen LogP contribution is 2.08. The maximum absolute atomic E-state index is 5.34. The summed E-state index contributed by atoms with van der Waals surface area (Å²) in [5, 5.41) is 3.87. The van der Waals surface area contributed by atoms with Crippen molar-refractivity contribution < 1.29 is 0 Å². The first-order valence-electron chi connectivity index (χ1n) is 3.08. The molecule has 1 aromatic heterocycles. The molecule has 1 aromatic rings. The quantitative estimate of drug-likeness (QED) is 0.526. The monoisotopic (exact) mass is 141 g/mol. The lowest BCUT2D eigenvalue weighted by atomic mass is 10.2. The molecule has 0 saturated heterocycles. The summed E-state index contributed by atoms with van der Waals surface area (Å²) in [5.74, 6) is 6.50. The van der Waals surface area contributed by atoms with Gasteiger partial charge in [0.2, 0.25) is 5.95 Å². The van der Waals surface area contributed by atoms with Gasteiger partial charge in [0.25, 0.3) is 0 Å². The fourth-order valence-corrected chi connectivity index (χ4v) is 0.597. The molecule has 1 heterocycles. The van der Waals surface area contributed by atoms with Crippen LogP contribution in [0.1, 0.15) is 25.6 Å². The molecule has 0 aliphatic carbocycles. The highest BCUT2D eigenvalue weighted by Gasteiger charge is 2.06. The largest absolute Gasteiger partial charge is 0.367 e. The Hall–Kier alpha value is -1.26. The van der Waals surface area contributed by atoms with Gasteiger partial charge in [-0.05, 0) is 0 Å². The van der Waals surface area contributed by atoms with Crippen molar-refractivity contribution in [1.82, 2.24) is 14.9 Å². The van der Waals surface area contributed by atoms with E-state index < -0.39 is 0 Å². The van der Waals surface area contributed by atoms with Crippen molar-refractivity contribution in [2.75, 3.05) is 11.6 Å². The highest BCUT2D eigenvalue weighted by atomic mass is 15.5. The van der Waals surface area contributed by atoms with Crippen molar-refractivity contribution in [3.63, 3.8) is 0 Å². The average Bonchev–Trinajstić information content (AvgIpc) is 2.13. The Morgan fingerprint density at radius 2 is 2.10 bits per heavy atom. The van der Waals surface area contributed by atoms with E-state index in [1.54, 1.807) is 0 Å². The third-order valence-corrected chi connectivity index (χ3v) is 1.19. The molecule has 0 atom stereocenters. The van der Waals surface area contributed by atoms with Crippen LogP contribution in [0.25, 0.3) is 0 Å². The molecule has 0 unspecified atom stereocenters. The number of anilines is 1. The normalized spacial score (nSPS) is 10.7. The Morgan fingerprint density at radius 1 is 1.50 bits per heavy atom. The Morgan fingerprint density at radius 3 is 2.30 bits per heavy atom. The molecule has 4 N–H and O–H groups in total. The van der Waals surface area contributed by atoms with E-state index in [-0.39, 0.29) is 11.9 Å². The Balaban J connectivity index is 2.98. The molecular weight excluding hydrogens is 130 g/mol. The molecule has 56 valence electrons. The van der Waals surface area contributed by atoms with Crippen LogP contribution < -0.4 is 11.6 Å². The molecule has 5 heteroatoms. The van der Waals surface area contributed by atoms with E-state index in [1.165, 1.54) is 0 Å². The molecule has 10 heavy (non-hydrogen) atoms. The van der Waals surface area contributed by atoms with E-state index in [2.05, 4.69) is 10.1 Å². The molecule has 5 nitrogen and oxygen atoms in total. The summed E-state index contributed by atoms with van der Waals surface area (Å²) in [6.45, 7) is 3.96. The van der Waals surface area contributed by atoms with Crippen LogP contribution in [-0.2, 0) is 0 Å². The van der Waals surface area contributed by atoms with E-state index in [1.807, 2.05) is 13.8 Å². The van der Waals surface area contributed by atoms with Gasteiger partial charge < -0.3 is 11.6 Å². The molecule has 0 bridgehead atoms. The molecule has 0 aromatic carbocycles. The smallest absolute Gasteiger partial charge is 0.238 e. The lowest BCUT2D eigenvalue weighted by Crippen LogP contribution is -2.13. The van der Waals surface area contributed by atoms with E-state index in [0.717, 1.165) is 4.79 Å². The van der Waals surface area contributed by atoms with Crippen molar-refractivity contribution in [3.05, 3.63) is 5.82 Å². The molecule has 0 aliphatic rings. The van der Waals surface area contributed by atoms with Gasteiger partial charge in [0.1, 0.15) is 0 Å². The van der Waals surface area contributed by atoms with E-state index in [4.69, 9.17) is 11.6 Å². The summed E-state index contributed by atoms with van der Waals surface area (Å²) >= 11 is 0. The Bertz CT molecular complexity index is 206. The van der Waals surface area contributed by atoms with E-state index >= 15 is 0 Å². The summed E-state index contributed by atoms with van der Waals surface area (Å²) in [4.78, 5) is 4.99. The summed E-state index contributed by atoms with van der Waals surface area (Å²) in [7, 11) is 0. The number of nitrogen functional groups attached to an aromatic ring is 2. The topological polar surface area (TPSA) is 82.8 Å². The van der Waals surface area contributed by atoms with Crippen molar-refractivity contribution in [2.24, 2.45) is 0 Å². The number of nitrogens with two attached hydrogens (primary N) is 2. The SMILES string of the molecule is CC(C)c1nc(N)n(N)n1. The summed E-state index contributed by atoms with van der Waals surface area (Å²) in [5.41, 5.74) is 5.34. The summed E-state index contributed by atoms with van der Waals surface area (Å²) in [6, 6.07) is 0. The third-order valence-electron chi connectivity index (χ3n) is 1.19. The Kier molecular flexibility index (Phi) is 1.48. The number of hydrogen-bond donors (Lipinski definition) is 2. The number of aromatic nitrogens is 3. The molecular formula is C5H11N5. The molecule has 0 aliphatic heterocycles. The predicted molar refractivity (Wildman–Crippen MR) is 38.7 cm³/mol. The highest BCUT2D eigenvalue weighted by molar-refractivity contribution is 5.16. The first-order valence-corrected chi connectivity index (χ1v) is 3.08. The van der Waals surface area contributed by atoms with Gasteiger partial charge in [-0.2, -0.15) is 4.98 Å². The number of rotatable bonds is 1. The minimum absolute atomic E-state index is 0.253. The van der Waals surface area contributed by atoms with Crippen molar-refractivity contribution in [3.8, 4) is 0 Å². The lowest BCUT2D eigenvalue weighted by molar-refractivity contribution is 0.740. The van der Waals surface area contributed by atoms with Crippen molar-refractivity contribution in [1.29, 1.82) is 0 Å². The van der Waals surface area contributed by atoms with Gasteiger partial charge in [-0.25, -0.2) is 0 Å². The minimum Gasteiger partial charge on any atom is -0.367 e. The second-order valence-corrected chi connectivity index (χ2v) is 2.43. The molecule has 0 fully saturated rings. The first-order chi connectivity index (χ1) is 4.61. The summed E-state index contributed by atoms with van der Waals surface area (Å²) in [6.07, 6.45) is 0. The first kappa shape index (κ1) is 6.85. The van der Waals surface area contributed by atoms with Crippen molar-refractivity contribution >= 4 is 5.95 Å². The van der Waals surface area contributed by atoms with Crippen LogP contribution in [0.2, 0.25) is 0 Å². The lowest BCUT2D eigenvalue weighted by Gasteiger charge is -1.92. The molecule has 0 saturated carbocycles. The summed E-state index contributed by atoms with van der Waals surface area (Å²) < 4.78 is 0. The molecule has 1 rings (SSSR count). The number of nitrogens with zero attached hydrogens (tertiary/aromatic N) is 3. The zero-order chi connectivity index (χ0) is 7.72. The third kappa shape index (κ3) is 1.02. The predicted octanol–water partition coefficient (Wildman–Crippen LogP) is -0.302. The number of hydrogen-bond acceptors (Lipinski definition) is 4. The van der Waals surface area contributed by atoms with Gasteiger partial charge in [-0.15, -0.1) is 9.89 Å². The van der Waals surface area contributed by atoms with Crippen LogP contribution in [0.15, 0.2) is 0 Å². The molecule has 0 amide bonds. The van der Waals surface area contributed by atoms with Gasteiger partial charge in [0.15, 0.2) is 5.82 Å². The fourth-order valence-electron chi connectivity index (χ4n) is 0.597. The van der Waals surface area contributed by atoms with E-state index in [0.29, 0.717) is 5.82 Å². The van der Waals surface area contributed by atoms with Crippen molar-refractivity contribution in [2.45, 2.75) is 19.8 Å². The van der Waals surface area contributed by atoms with E-state index in [9.17, 15) is 0 Å². The van der Waals surface area contributed by atoms with Gasteiger partial charge >= 0.3 is 0 Å². The maximum Gasteiger partial charge on any atom is 0.238 e. The average molecular weight is 141 g/mol. The van der Waals surface area contributed by atoms with Gasteiger partial charge in [-0.3, -0.25) is 0 Å².